The van der Waals surface area contributed by atoms with E-state index < -0.39 is 15.6 Å². The van der Waals surface area contributed by atoms with E-state index in [0.29, 0.717) is 19.4 Å². The maximum absolute atomic E-state index is 12.6. The minimum Gasteiger partial charge on any atom is -0.389 e. The van der Waals surface area contributed by atoms with Crippen LogP contribution in [0.5, 0.6) is 0 Å². The molecule has 0 bridgehead atoms. The molecule has 8 heteroatoms. The number of aliphatic hydroxyl groups is 1. The monoisotopic (exact) mass is 357 g/mol. The zero-order chi connectivity index (χ0) is 15.1. The summed E-state index contributed by atoms with van der Waals surface area (Å²) in [6, 6.07) is 2.67. The summed E-state index contributed by atoms with van der Waals surface area (Å²) in [5.41, 5.74) is -1.04. The van der Waals surface area contributed by atoms with Gasteiger partial charge in [-0.25, -0.2) is 8.42 Å². The molecule has 0 aliphatic carbocycles. The highest BCUT2D eigenvalue weighted by Crippen LogP contribution is 2.36. The number of β-amino-alcohol motifs (C(OH)–C–C–N with tert-alkyl or cyclic N) is 1. The standard InChI is InChI=1S/C12H14Cl3NO3S/c1-12(17)3-2-4-16(7-12)20(18,19)11-9(14)5-8(13)6-10(11)15/h5-6,17H,2-4,7H2,1H3. The van der Waals surface area contributed by atoms with Crippen molar-refractivity contribution in [1.29, 1.82) is 0 Å². The summed E-state index contributed by atoms with van der Waals surface area (Å²) in [6.45, 7) is 1.96. The van der Waals surface area contributed by atoms with Crippen molar-refractivity contribution in [3.05, 3.63) is 27.2 Å². The Hall–Kier alpha value is -0.0400. The second kappa shape index (κ2) is 5.63. The number of sulfonamides is 1. The van der Waals surface area contributed by atoms with Crippen LogP contribution in [0.3, 0.4) is 0 Å². The van der Waals surface area contributed by atoms with E-state index in [4.69, 9.17) is 34.8 Å². The second-order valence-electron chi connectivity index (χ2n) is 5.14. The average Bonchev–Trinajstić information content (AvgIpc) is 2.25. The predicted molar refractivity (Wildman–Crippen MR) is 80.1 cm³/mol. The molecule has 0 aromatic heterocycles. The highest BCUT2D eigenvalue weighted by molar-refractivity contribution is 7.89. The molecule has 1 fully saturated rings. The van der Waals surface area contributed by atoms with E-state index in [-0.39, 0.29) is 26.5 Å². The largest absolute Gasteiger partial charge is 0.389 e. The van der Waals surface area contributed by atoms with E-state index >= 15 is 0 Å². The minimum atomic E-state index is -3.86. The van der Waals surface area contributed by atoms with Crippen LogP contribution in [-0.2, 0) is 10.0 Å². The first-order chi connectivity index (χ1) is 9.13. The molecule has 0 amide bonds. The maximum Gasteiger partial charge on any atom is 0.246 e. The van der Waals surface area contributed by atoms with E-state index in [9.17, 15) is 13.5 Å². The number of benzene rings is 1. The molecular formula is C12H14Cl3NO3S. The molecule has 112 valence electrons. The molecule has 1 aromatic carbocycles. The molecule has 0 spiro atoms. The first kappa shape index (κ1) is 16.3. The number of rotatable bonds is 2. The van der Waals surface area contributed by atoms with E-state index in [2.05, 4.69) is 0 Å². The Morgan fingerprint density at radius 2 is 1.80 bits per heavy atom. The Morgan fingerprint density at radius 3 is 2.30 bits per heavy atom. The number of piperidine rings is 1. The summed E-state index contributed by atoms with van der Waals surface area (Å²) >= 11 is 17.7. The van der Waals surface area contributed by atoms with Gasteiger partial charge in [-0.1, -0.05) is 34.8 Å². The van der Waals surface area contributed by atoms with Crippen molar-refractivity contribution < 1.29 is 13.5 Å². The van der Waals surface area contributed by atoms with Crippen LogP contribution in [0.1, 0.15) is 19.8 Å². The number of hydrogen-bond donors (Lipinski definition) is 1. The molecule has 0 saturated carbocycles. The van der Waals surface area contributed by atoms with E-state index in [1.54, 1.807) is 6.92 Å². The molecule has 1 unspecified atom stereocenters. The summed E-state index contributed by atoms with van der Waals surface area (Å²) in [7, 11) is -3.86. The molecule has 0 radical (unpaired) electrons. The minimum absolute atomic E-state index is 0.0185. The normalized spacial score (nSPS) is 24.9. The van der Waals surface area contributed by atoms with Crippen LogP contribution in [0.2, 0.25) is 15.1 Å². The lowest BCUT2D eigenvalue weighted by atomic mass is 9.97. The first-order valence-electron chi connectivity index (χ1n) is 6.00. The number of nitrogens with zero attached hydrogens (tertiary/aromatic N) is 1. The molecule has 1 heterocycles. The molecule has 1 aromatic rings. The van der Waals surface area contributed by atoms with Crippen molar-refractivity contribution in [1.82, 2.24) is 4.31 Å². The van der Waals surface area contributed by atoms with Gasteiger partial charge in [0.1, 0.15) is 4.90 Å². The highest BCUT2D eigenvalue weighted by Gasteiger charge is 2.37. The molecule has 2 rings (SSSR count). The summed E-state index contributed by atoms with van der Waals surface area (Å²) in [4.78, 5) is -0.164. The lowest BCUT2D eigenvalue weighted by Gasteiger charge is -2.36. The summed E-state index contributed by atoms with van der Waals surface area (Å²) in [5.74, 6) is 0. The average molecular weight is 359 g/mol. The van der Waals surface area contributed by atoms with Crippen LogP contribution in [-0.4, -0.2) is 36.5 Å². The molecule has 1 aliphatic heterocycles. The Kier molecular flexibility index (Phi) is 4.60. The fourth-order valence-corrected chi connectivity index (χ4v) is 5.37. The van der Waals surface area contributed by atoms with Gasteiger partial charge in [-0.3, -0.25) is 0 Å². The van der Waals surface area contributed by atoms with Gasteiger partial charge >= 0.3 is 0 Å². The van der Waals surface area contributed by atoms with Crippen LogP contribution in [0.15, 0.2) is 17.0 Å². The van der Waals surface area contributed by atoms with Gasteiger partial charge in [-0.05, 0) is 31.9 Å². The Balaban J connectivity index is 2.46. The third kappa shape index (κ3) is 3.24. The van der Waals surface area contributed by atoms with Crippen molar-refractivity contribution in [2.75, 3.05) is 13.1 Å². The van der Waals surface area contributed by atoms with E-state index in [1.807, 2.05) is 0 Å². The van der Waals surface area contributed by atoms with Gasteiger partial charge in [0, 0.05) is 18.1 Å². The third-order valence-corrected chi connectivity index (χ3v) is 6.19. The summed E-state index contributed by atoms with van der Waals surface area (Å²) < 4.78 is 26.5. The topological polar surface area (TPSA) is 57.6 Å². The molecule has 1 saturated heterocycles. The fraction of sp³-hybridized carbons (Fsp3) is 0.500. The lowest BCUT2D eigenvalue weighted by Crippen LogP contribution is -2.48. The van der Waals surface area contributed by atoms with Gasteiger partial charge in [0.2, 0.25) is 10.0 Å². The number of hydrogen-bond acceptors (Lipinski definition) is 3. The Bertz CT molecular complexity index is 608. The zero-order valence-electron chi connectivity index (χ0n) is 10.7. The van der Waals surface area contributed by atoms with Crippen molar-refractivity contribution in [2.24, 2.45) is 0 Å². The quantitative estimate of drug-likeness (QED) is 0.883. The molecule has 4 nitrogen and oxygen atoms in total. The first-order valence-corrected chi connectivity index (χ1v) is 8.58. The van der Waals surface area contributed by atoms with Crippen molar-refractivity contribution >= 4 is 44.8 Å². The maximum atomic E-state index is 12.6. The zero-order valence-corrected chi connectivity index (χ0v) is 13.8. The van der Waals surface area contributed by atoms with Crippen LogP contribution in [0.4, 0.5) is 0 Å². The van der Waals surface area contributed by atoms with Gasteiger partial charge in [-0.2, -0.15) is 4.31 Å². The van der Waals surface area contributed by atoms with Gasteiger partial charge in [-0.15, -0.1) is 0 Å². The Morgan fingerprint density at radius 1 is 1.25 bits per heavy atom. The van der Waals surface area contributed by atoms with Crippen LogP contribution in [0.25, 0.3) is 0 Å². The number of halogens is 3. The van der Waals surface area contributed by atoms with Crippen molar-refractivity contribution in [3.63, 3.8) is 0 Å². The predicted octanol–water partition coefficient (Wildman–Crippen LogP) is 3.18. The second-order valence-corrected chi connectivity index (χ2v) is 8.26. The third-order valence-electron chi connectivity index (χ3n) is 3.20. The lowest BCUT2D eigenvalue weighted by molar-refractivity contribution is 0.00940. The van der Waals surface area contributed by atoms with E-state index in [0.717, 1.165) is 0 Å². The molecule has 1 atom stereocenters. The SMILES string of the molecule is CC1(O)CCCN(S(=O)(=O)c2c(Cl)cc(Cl)cc2Cl)C1. The molecular weight excluding hydrogens is 345 g/mol. The van der Waals surface area contributed by atoms with Crippen molar-refractivity contribution in [2.45, 2.75) is 30.3 Å². The van der Waals surface area contributed by atoms with Gasteiger partial charge in [0.25, 0.3) is 0 Å². The van der Waals surface area contributed by atoms with Gasteiger partial charge in [0.15, 0.2) is 0 Å². The summed E-state index contributed by atoms with van der Waals surface area (Å²) in [5, 5.41) is 10.3. The molecule has 1 aliphatic rings. The molecule has 20 heavy (non-hydrogen) atoms. The fourth-order valence-electron chi connectivity index (χ4n) is 2.28. The summed E-state index contributed by atoms with van der Waals surface area (Å²) in [6.07, 6.45) is 1.14. The highest BCUT2D eigenvalue weighted by atomic mass is 35.5. The molecule has 1 N–H and O–H groups in total. The van der Waals surface area contributed by atoms with Crippen LogP contribution < -0.4 is 0 Å². The van der Waals surface area contributed by atoms with Gasteiger partial charge < -0.3 is 5.11 Å². The van der Waals surface area contributed by atoms with Crippen LogP contribution in [0, 0.1) is 0 Å². The van der Waals surface area contributed by atoms with Gasteiger partial charge in [0.05, 0.1) is 15.6 Å². The van der Waals surface area contributed by atoms with Crippen LogP contribution >= 0.6 is 34.8 Å². The van der Waals surface area contributed by atoms with E-state index in [1.165, 1.54) is 16.4 Å². The van der Waals surface area contributed by atoms with Crippen molar-refractivity contribution in [3.8, 4) is 0 Å². The smallest absolute Gasteiger partial charge is 0.246 e. The Labute approximate surface area is 133 Å².